The predicted molar refractivity (Wildman–Crippen MR) is 140 cm³/mol. The second-order valence-corrected chi connectivity index (χ2v) is 10.7. The molecule has 5 rings (SSSR count). The number of nitrogens with one attached hydrogen (secondary N) is 1. The molecule has 1 N–H and O–H groups in total. The highest BCUT2D eigenvalue weighted by atomic mass is 32.2. The van der Waals surface area contributed by atoms with E-state index >= 15 is 0 Å². The Hall–Kier alpha value is -3.20. The summed E-state index contributed by atoms with van der Waals surface area (Å²) >= 11 is 0. The Balaban J connectivity index is 1.19. The number of benzene rings is 3. The Kier molecular flexibility index (Phi) is 6.86. The van der Waals surface area contributed by atoms with Crippen LogP contribution in [0.3, 0.4) is 0 Å². The average Bonchev–Trinajstić information content (AvgIpc) is 3.19. The molecule has 1 aliphatic rings. The number of hydrogen-bond donors (Lipinski definition) is 1. The van der Waals surface area contributed by atoms with Crippen molar-refractivity contribution in [2.75, 3.05) is 37.4 Å². The van der Waals surface area contributed by atoms with Crippen LogP contribution in [0.2, 0.25) is 0 Å². The molecule has 2 heterocycles. The molecule has 0 atom stereocenters. The summed E-state index contributed by atoms with van der Waals surface area (Å²) in [4.78, 5) is 10.1. The van der Waals surface area contributed by atoms with Crippen molar-refractivity contribution in [3.8, 4) is 0 Å². The second-order valence-electron chi connectivity index (χ2n) is 9.06. The number of nitrogens with zero attached hydrogens (tertiary/aromatic N) is 4. The van der Waals surface area contributed by atoms with Crippen LogP contribution in [0.5, 0.6) is 0 Å². The van der Waals surface area contributed by atoms with Crippen molar-refractivity contribution < 1.29 is 8.42 Å². The van der Waals surface area contributed by atoms with E-state index in [-0.39, 0.29) is 4.90 Å². The molecule has 1 saturated heterocycles. The van der Waals surface area contributed by atoms with E-state index in [4.69, 9.17) is 4.98 Å². The molecule has 8 heteroatoms. The van der Waals surface area contributed by atoms with Crippen LogP contribution in [0.4, 0.5) is 5.69 Å². The van der Waals surface area contributed by atoms with Gasteiger partial charge < -0.3 is 9.47 Å². The van der Waals surface area contributed by atoms with Gasteiger partial charge in [0.05, 0.1) is 21.6 Å². The maximum atomic E-state index is 12.7. The minimum Gasteiger partial charge on any atom is -0.331 e. The lowest BCUT2D eigenvalue weighted by Gasteiger charge is -2.34. The van der Waals surface area contributed by atoms with Gasteiger partial charge in [-0.1, -0.05) is 48.5 Å². The number of hydrogen-bond acceptors (Lipinski definition) is 5. The van der Waals surface area contributed by atoms with Crippen molar-refractivity contribution in [2.24, 2.45) is 7.05 Å². The maximum absolute atomic E-state index is 12.7. The molecule has 0 saturated carbocycles. The Morgan fingerprint density at radius 2 is 1.51 bits per heavy atom. The molecule has 1 fully saturated rings. The van der Waals surface area contributed by atoms with E-state index in [9.17, 15) is 8.42 Å². The minimum atomic E-state index is -3.63. The highest BCUT2D eigenvalue weighted by molar-refractivity contribution is 7.92. The van der Waals surface area contributed by atoms with E-state index in [0.29, 0.717) is 5.69 Å². The summed E-state index contributed by atoms with van der Waals surface area (Å²) in [6, 6.07) is 24.6. The molecule has 35 heavy (non-hydrogen) atoms. The van der Waals surface area contributed by atoms with Crippen LogP contribution in [-0.4, -0.2) is 60.5 Å². The Morgan fingerprint density at radius 3 is 2.23 bits per heavy atom. The molecule has 3 aromatic carbocycles. The monoisotopic (exact) mass is 489 g/mol. The molecule has 7 nitrogen and oxygen atoms in total. The van der Waals surface area contributed by atoms with Gasteiger partial charge in [0.25, 0.3) is 10.0 Å². The molecule has 0 bridgehead atoms. The normalized spacial score (nSPS) is 15.5. The van der Waals surface area contributed by atoms with Gasteiger partial charge in [-0.3, -0.25) is 9.62 Å². The lowest BCUT2D eigenvalue weighted by atomic mass is 10.2. The summed E-state index contributed by atoms with van der Waals surface area (Å²) in [7, 11) is -1.61. The molecule has 0 radical (unpaired) electrons. The molecular formula is C27H31N5O2S. The SMILES string of the molecule is Cn1c(CCN2CCN(Cc3ccccc3)CC2)nc2cc(NS(=O)(=O)c3ccccc3)ccc21. The number of rotatable bonds is 8. The molecule has 4 aromatic rings. The summed E-state index contributed by atoms with van der Waals surface area (Å²) in [5.74, 6) is 1.01. The average molecular weight is 490 g/mol. The Bertz CT molecular complexity index is 1380. The molecule has 0 aliphatic carbocycles. The standard InChI is InChI=1S/C27H31N5O2S/c1-30-26-13-12-23(29-35(33,34)24-10-6-3-7-11-24)20-25(26)28-27(30)14-15-31-16-18-32(19-17-31)21-22-8-4-2-5-9-22/h2-13,20,29H,14-19,21H2,1H3. The minimum absolute atomic E-state index is 0.241. The zero-order valence-electron chi connectivity index (χ0n) is 20.0. The number of piperazine rings is 1. The third-order valence-electron chi connectivity index (χ3n) is 6.64. The summed E-state index contributed by atoms with van der Waals surface area (Å²) in [5.41, 5.74) is 3.67. The van der Waals surface area contributed by atoms with Crippen LogP contribution in [0.15, 0.2) is 83.8 Å². The third kappa shape index (κ3) is 5.56. The van der Waals surface area contributed by atoms with Gasteiger partial charge in [-0.15, -0.1) is 0 Å². The zero-order chi connectivity index (χ0) is 24.3. The first-order chi connectivity index (χ1) is 17.0. The van der Waals surface area contributed by atoms with Gasteiger partial charge in [0.1, 0.15) is 5.82 Å². The summed E-state index contributed by atoms with van der Waals surface area (Å²) < 4.78 is 30.1. The summed E-state index contributed by atoms with van der Waals surface area (Å²) in [5, 5.41) is 0. The Morgan fingerprint density at radius 1 is 0.857 bits per heavy atom. The maximum Gasteiger partial charge on any atom is 0.261 e. The van der Waals surface area contributed by atoms with Crippen molar-refractivity contribution >= 4 is 26.7 Å². The van der Waals surface area contributed by atoms with Crippen LogP contribution in [-0.2, 0) is 30.0 Å². The van der Waals surface area contributed by atoms with Gasteiger partial charge in [0.2, 0.25) is 0 Å². The molecule has 1 aliphatic heterocycles. The predicted octanol–water partition coefficient (Wildman–Crippen LogP) is 3.73. The number of aryl methyl sites for hydroxylation is 1. The van der Waals surface area contributed by atoms with Gasteiger partial charge in [-0.05, 0) is 35.9 Å². The highest BCUT2D eigenvalue weighted by Gasteiger charge is 2.19. The van der Waals surface area contributed by atoms with E-state index in [2.05, 4.69) is 49.4 Å². The van der Waals surface area contributed by atoms with Crippen molar-refractivity contribution in [1.29, 1.82) is 0 Å². The van der Waals surface area contributed by atoms with Gasteiger partial charge in [0.15, 0.2) is 0 Å². The largest absolute Gasteiger partial charge is 0.331 e. The van der Waals surface area contributed by atoms with Crippen molar-refractivity contribution in [2.45, 2.75) is 17.9 Å². The van der Waals surface area contributed by atoms with Gasteiger partial charge in [-0.2, -0.15) is 0 Å². The van der Waals surface area contributed by atoms with Crippen LogP contribution in [0.25, 0.3) is 11.0 Å². The van der Waals surface area contributed by atoms with E-state index in [1.807, 2.05) is 19.2 Å². The fourth-order valence-corrected chi connectivity index (χ4v) is 5.69. The molecular weight excluding hydrogens is 458 g/mol. The summed E-state index contributed by atoms with van der Waals surface area (Å²) in [6.45, 7) is 6.23. The van der Waals surface area contributed by atoms with Crippen LogP contribution >= 0.6 is 0 Å². The number of imidazole rings is 1. The lowest BCUT2D eigenvalue weighted by Crippen LogP contribution is -2.46. The number of sulfonamides is 1. The fourth-order valence-electron chi connectivity index (χ4n) is 4.62. The van der Waals surface area contributed by atoms with Crippen LogP contribution in [0, 0.1) is 0 Å². The van der Waals surface area contributed by atoms with Gasteiger partial charge in [0, 0.05) is 52.7 Å². The smallest absolute Gasteiger partial charge is 0.261 e. The molecule has 1 aromatic heterocycles. The van der Waals surface area contributed by atoms with E-state index in [0.717, 1.165) is 62.5 Å². The third-order valence-corrected chi connectivity index (χ3v) is 8.04. The number of aromatic nitrogens is 2. The van der Waals surface area contributed by atoms with Crippen molar-refractivity contribution in [3.05, 3.63) is 90.3 Å². The topological polar surface area (TPSA) is 70.5 Å². The fraction of sp³-hybridized carbons (Fsp3) is 0.296. The molecule has 182 valence electrons. The van der Waals surface area contributed by atoms with Gasteiger partial charge >= 0.3 is 0 Å². The Labute approximate surface area is 207 Å². The highest BCUT2D eigenvalue weighted by Crippen LogP contribution is 2.22. The van der Waals surface area contributed by atoms with Crippen LogP contribution < -0.4 is 4.72 Å². The van der Waals surface area contributed by atoms with Crippen LogP contribution in [0.1, 0.15) is 11.4 Å². The second kappa shape index (κ2) is 10.2. The summed E-state index contributed by atoms with van der Waals surface area (Å²) in [6.07, 6.45) is 0.856. The van der Waals surface area contributed by atoms with Crippen molar-refractivity contribution in [3.63, 3.8) is 0 Å². The van der Waals surface area contributed by atoms with E-state index in [1.165, 1.54) is 5.56 Å². The van der Waals surface area contributed by atoms with E-state index in [1.54, 1.807) is 36.4 Å². The zero-order valence-corrected chi connectivity index (χ0v) is 20.8. The van der Waals surface area contributed by atoms with E-state index < -0.39 is 10.0 Å². The molecule has 0 spiro atoms. The number of fused-ring (bicyclic) bond motifs is 1. The van der Waals surface area contributed by atoms with Crippen molar-refractivity contribution in [1.82, 2.24) is 19.4 Å². The molecule has 0 amide bonds. The van der Waals surface area contributed by atoms with Gasteiger partial charge in [-0.25, -0.2) is 13.4 Å². The quantitative estimate of drug-likeness (QED) is 0.408. The first-order valence-corrected chi connectivity index (χ1v) is 13.5. The lowest BCUT2D eigenvalue weighted by molar-refractivity contribution is 0.127. The first kappa shape index (κ1) is 23.5. The first-order valence-electron chi connectivity index (χ1n) is 12.0. The number of anilines is 1. The molecule has 0 unspecified atom stereocenters.